The van der Waals surface area contributed by atoms with Crippen molar-refractivity contribution in [1.29, 1.82) is 0 Å². The van der Waals surface area contributed by atoms with Crippen molar-refractivity contribution >= 4 is 27.3 Å². The summed E-state index contributed by atoms with van der Waals surface area (Å²) in [6.07, 6.45) is 3.93. The molecular weight excluding hydrogens is 328 g/mol. The highest BCUT2D eigenvalue weighted by molar-refractivity contribution is 7.89. The Morgan fingerprint density at radius 3 is 2.64 bits per heavy atom. The third kappa shape index (κ3) is 2.63. The molecule has 0 saturated carbocycles. The lowest BCUT2D eigenvalue weighted by atomic mass is 10.4. The highest BCUT2D eigenvalue weighted by Gasteiger charge is 2.38. The van der Waals surface area contributed by atoms with Gasteiger partial charge in [-0.15, -0.1) is 0 Å². The van der Waals surface area contributed by atoms with E-state index in [1.165, 1.54) is 17.9 Å². The second kappa shape index (κ2) is 5.82. The van der Waals surface area contributed by atoms with Crippen molar-refractivity contribution in [3.05, 3.63) is 21.6 Å². The van der Waals surface area contributed by atoms with E-state index in [0.29, 0.717) is 38.3 Å². The number of nitrogens with zero attached hydrogens (tertiary/aromatic N) is 4. The largest absolute Gasteiger partial charge is 0.367 e. The summed E-state index contributed by atoms with van der Waals surface area (Å²) in [5, 5.41) is 3.62. The van der Waals surface area contributed by atoms with Gasteiger partial charge in [0.15, 0.2) is 0 Å². The van der Waals surface area contributed by atoms with E-state index in [9.17, 15) is 13.2 Å². The summed E-state index contributed by atoms with van der Waals surface area (Å²) in [6, 6.07) is 0. The first-order valence-electron chi connectivity index (χ1n) is 7.37. The zero-order valence-electron chi connectivity index (χ0n) is 12.4. The summed E-state index contributed by atoms with van der Waals surface area (Å²) in [4.78, 5) is 13.7. The highest BCUT2D eigenvalue weighted by atomic mass is 35.5. The maximum atomic E-state index is 12.6. The van der Waals surface area contributed by atoms with Crippen LogP contribution in [-0.2, 0) is 17.1 Å². The first-order chi connectivity index (χ1) is 10.4. The van der Waals surface area contributed by atoms with Gasteiger partial charge in [0, 0.05) is 33.2 Å². The van der Waals surface area contributed by atoms with Crippen LogP contribution in [-0.4, -0.2) is 53.9 Å². The summed E-state index contributed by atoms with van der Waals surface area (Å²) in [6.45, 7) is 2.15. The SMILES string of the molecule is Cn1ncc(N2CCC(S(=O)(=O)N3CCCC3)C2)c(Cl)c1=O. The van der Waals surface area contributed by atoms with Crippen LogP contribution in [0.5, 0.6) is 0 Å². The van der Waals surface area contributed by atoms with Gasteiger partial charge in [-0.05, 0) is 19.3 Å². The maximum absolute atomic E-state index is 12.6. The summed E-state index contributed by atoms with van der Waals surface area (Å²) in [5.41, 5.74) is 0.147. The molecule has 2 saturated heterocycles. The van der Waals surface area contributed by atoms with E-state index < -0.39 is 15.3 Å². The molecule has 1 unspecified atom stereocenters. The summed E-state index contributed by atoms with van der Waals surface area (Å²) in [7, 11) is -1.74. The minimum Gasteiger partial charge on any atom is -0.367 e. The van der Waals surface area contributed by atoms with Gasteiger partial charge in [0.25, 0.3) is 5.56 Å². The van der Waals surface area contributed by atoms with Gasteiger partial charge < -0.3 is 4.90 Å². The Kier molecular flexibility index (Phi) is 4.17. The van der Waals surface area contributed by atoms with Crippen molar-refractivity contribution in [1.82, 2.24) is 14.1 Å². The van der Waals surface area contributed by atoms with Crippen molar-refractivity contribution in [3.63, 3.8) is 0 Å². The monoisotopic (exact) mass is 346 g/mol. The smallest absolute Gasteiger partial charge is 0.287 e. The maximum Gasteiger partial charge on any atom is 0.287 e. The van der Waals surface area contributed by atoms with Crippen LogP contribution in [0, 0.1) is 0 Å². The molecule has 2 aliphatic heterocycles. The molecule has 9 heteroatoms. The number of aryl methyl sites for hydroxylation is 1. The molecule has 1 aromatic heterocycles. The number of rotatable bonds is 3. The van der Waals surface area contributed by atoms with Crippen molar-refractivity contribution in [2.45, 2.75) is 24.5 Å². The van der Waals surface area contributed by atoms with Crippen molar-refractivity contribution < 1.29 is 8.42 Å². The second-order valence-corrected chi connectivity index (χ2v) is 8.37. The molecule has 0 N–H and O–H groups in total. The Morgan fingerprint density at radius 1 is 1.27 bits per heavy atom. The van der Waals surface area contributed by atoms with E-state index in [0.717, 1.165) is 12.8 Å². The molecule has 2 aliphatic rings. The van der Waals surface area contributed by atoms with Crippen LogP contribution in [0.3, 0.4) is 0 Å². The molecule has 7 nitrogen and oxygen atoms in total. The molecule has 1 aromatic rings. The van der Waals surface area contributed by atoms with E-state index in [1.807, 2.05) is 4.90 Å². The lowest BCUT2D eigenvalue weighted by Gasteiger charge is -2.22. The number of aromatic nitrogens is 2. The zero-order chi connectivity index (χ0) is 15.9. The van der Waals surface area contributed by atoms with Crippen LogP contribution in [0.1, 0.15) is 19.3 Å². The van der Waals surface area contributed by atoms with Crippen LogP contribution < -0.4 is 10.5 Å². The van der Waals surface area contributed by atoms with Gasteiger partial charge in [0.05, 0.1) is 17.1 Å². The van der Waals surface area contributed by atoms with Gasteiger partial charge in [0.2, 0.25) is 10.0 Å². The normalized spacial score (nSPS) is 23.4. The number of sulfonamides is 1. The van der Waals surface area contributed by atoms with Gasteiger partial charge >= 0.3 is 0 Å². The Hall–Kier alpha value is -1.12. The average molecular weight is 347 g/mol. The van der Waals surface area contributed by atoms with Crippen molar-refractivity contribution in [2.24, 2.45) is 7.05 Å². The van der Waals surface area contributed by atoms with Crippen LogP contribution in [0.2, 0.25) is 5.02 Å². The molecular formula is C13H19ClN4O3S. The van der Waals surface area contributed by atoms with E-state index in [4.69, 9.17) is 11.6 Å². The number of hydrogen-bond donors (Lipinski definition) is 0. The first kappa shape index (κ1) is 15.8. The molecule has 0 amide bonds. The number of hydrogen-bond acceptors (Lipinski definition) is 5. The standard InChI is InChI=1S/C13H19ClN4O3S/c1-16-13(19)12(14)11(8-15-16)17-7-4-10(9-17)22(20,21)18-5-2-3-6-18/h8,10H,2-7,9H2,1H3. The molecule has 122 valence electrons. The zero-order valence-corrected chi connectivity index (χ0v) is 14.0. The molecule has 0 spiro atoms. The molecule has 3 heterocycles. The summed E-state index contributed by atoms with van der Waals surface area (Å²) < 4.78 is 28.0. The van der Waals surface area contributed by atoms with Crippen LogP contribution >= 0.6 is 11.6 Å². The molecule has 0 bridgehead atoms. The lowest BCUT2D eigenvalue weighted by molar-refractivity contribution is 0.467. The molecule has 2 fully saturated rings. The van der Waals surface area contributed by atoms with Gasteiger partial charge in [-0.25, -0.2) is 17.4 Å². The van der Waals surface area contributed by atoms with Gasteiger partial charge in [0.1, 0.15) is 5.02 Å². The van der Waals surface area contributed by atoms with Gasteiger partial charge in [-0.3, -0.25) is 4.79 Å². The van der Waals surface area contributed by atoms with Crippen LogP contribution in [0.25, 0.3) is 0 Å². The molecule has 3 rings (SSSR count). The fraction of sp³-hybridized carbons (Fsp3) is 0.692. The minimum atomic E-state index is -3.27. The third-order valence-electron chi connectivity index (χ3n) is 4.39. The highest BCUT2D eigenvalue weighted by Crippen LogP contribution is 2.29. The molecule has 22 heavy (non-hydrogen) atoms. The minimum absolute atomic E-state index is 0.0942. The van der Waals surface area contributed by atoms with E-state index in [2.05, 4.69) is 5.10 Å². The quantitative estimate of drug-likeness (QED) is 0.793. The van der Waals surface area contributed by atoms with Crippen LogP contribution in [0.4, 0.5) is 5.69 Å². The Bertz CT molecular complexity index is 727. The molecule has 0 radical (unpaired) electrons. The first-order valence-corrected chi connectivity index (χ1v) is 9.25. The van der Waals surface area contributed by atoms with E-state index >= 15 is 0 Å². The van der Waals surface area contributed by atoms with Crippen molar-refractivity contribution in [3.8, 4) is 0 Å². The van der Waals surface area contributed by atoms with Crippen LogP contribution in [0.15, 0.2) is 11.0 Å². The number of anilines is 1. The fourth-order valence-electron chi connectivity index (χ4n) is 3.07. The molecule has 1 atom stereocenters. The van der Waals surface area contributed by atoms with Gasteiger partial charge in [-0.1, -0.05) is 11.6 Å². The second-order valence-electron chi connectivity index (χ2n) is 5.78. The van der Waals surface area contributed by atoms with E-state index in [-0.39, 0.29) is 10.6 Å². The number of halogens is 1. The fourth-order valence-corrected chi connectivity index (χ4v) is 5.32. The Labute approximate surface area is 134 Å². The predicted molar refractivity (Wildman–Crippen MR) is 84.8 cm³/mol. The average Bonchev–Trinajstić information content (AvgIpc) is 3.16. The predicted octanol–water partition coefficient (Wildman–Crippen LogP) is 0.438. The Morgan fingerprint density at radius 2 is 1.95 bits per heavy atom. The summed E-state index contributed by atoms with van der Waals surface area (Å²) >= 11 is 6.09. The lowest BCUT2D eigenvalue weighted by Crippen LogP contribution is -2.38. The van der Waals surface area contributed by atoms with Gasteiger partial charge in [-0.2, -0.15) is 5.10 Å². The topological polar surface area (TPSA) is 75.5 Å². The molecule has 0 aliphatic carbocycles. The van der Waals surface area contributed by atoms with E-state index in [1.54, 1.807) is 4.31 Å². The van der Waals surface area contributed by atoms with Crippen molar-refractivity contribution in [2.75, 3.05) is 31.1 Å². The summed E-state index contributed by atoms with van der Waals surface area (Å²) in [5.74, 6) is 0. The Balaban J connectivity index is 1.81. The third-order valence-corrected chi connectivity index (χ3v) is 7.06. The molecule has 0 aromatic carbocycles.